The van der Waals surface area contributed by atoms with Crippen LogP contribution in [0.5, 0.6) is 0 Å². The Hall–Kier alpha value is -3.09. The van der Waals surface area contributed by atoms with Gasteiger partial charge in [-0.1, -0.05) is 0 Å². The van der Waals surface area contributed by atoms with E-state index in [9.17, 15) is 5.26 Å². The van der Waals surface area contributed by atoms with E-state index in [1.54, 1.807) is 24.7 Å². The Balaban J connectivity index is 1.46. The van der Waals surface area contributed by atoms with E-state index in [4.69, 9.17) is 17.3 Å². The summed E-state index contributed by atoms with van der Waals surface area (Å²) >= 11 is 5.58. The molecule has 142 valence electrons. The molecule has 0 saturated carbocycles. The first-order chi connectivity index (χ1) is 13.7. The SMILES string of the molecule is Cn1c(-c2ccncc2)nn(CN2CCN(c3ncccc3C#N)CC2)c1=S. The van der Waals surface area contributed by atoms with Crippen molar-refractivity contribution >= 4 is 18.0 Å². The second kappa shape index (κ2) is 7.88. The van der Waals surface area contributed by atoms with Crippen LogP contribution in [0.2, 0.25) is 0 Å². The van der Waals surface area contributed by atoms with Gasteiger partial charge in [0.25, 0.3) is 0 Å². The van der Waals surface area contributed by atoms with Crippen LogP contribution in [0.3, 0.4) is 0 Å². The molecule has 4 heterocycles. The first-order valence-corrected chi connectivity index (χ1v) is 9.45. The van der Waals surface area contributed by atoms with Crippen molar-refractivity contribution in [1.29, 1.82) is 5.26 Å². The molecule has 0 spiro atoms. The predicted molar refractivity (Wildman–Crippen MR) is 108 cm³/mol. The van der Waals surface area contributed by atoms with Gasteiger partial charge in [0.2, 0.25) is 0 Å². The maximum absolute atomic E-state index is 9.29. The lowest BCUT2D eigenvalue weighted by Gasteiger charge is -2.35. The zero-order valence-corrected chi connectivity index (χ0v) is 16.4. The van der Waals surface area contributed by atoms with Gasteiger partial charge < -0.3 is 9.47 Å². The average Bonchev–Trinajstić information content (AvgIpc) is 3.03. The molecule has 0 N–H and O–H groups in total. The van der Waals surface area contributed by atoms with Crippen LogP contribution in [0.1, 0.15) is 5.56 Å². The molecule has 1 aliphatic heterocycles. The Kier molecular flexibility index (Phi) is 5.14. The lowest BCUT2D eigenvalue weighted by molar-refractivity contribution is 0.194. The van der Waals surface area contributed by atoms with E-state index >= 15 is 0 Å². The van der Waals surface area contributed by atoms with E-state index in [-0.39, 0.29) is 0 Å². The van der Waals surface area contributed by atoms with Crippen molar-refractivity contribution in [2.75, 3.05) is 31.1 Å². The molecule has 0 aromatic carbocycles. The largest absolute Gasteiger partial charge is 0.353 e. The number of piperazine rings is 1. The maximum Gasteiger partial charge on any atom is 0.199 e. The molecule has 3 aromatic rings. The molecule has 1 saturated heterocycles. The van der Waals surface area contributed by atoms with Crippen LogP contribution in [0.4, 0.5) is 5.82 Å². The molecule has 8 nitrogen and oxygen atoms in total. The summed E-state index contributed by atoms with van der Waals surface area (Å²) in [6, 6.07) is 9.69. The Morgan fingerprint density at radius 1 is 1.11 bits per heavy atom. The molecular weight excluding hydrogens is 372 g/mol. The summed E-state index contributed by atoms with van der Waals surface area (Å²) in [6.45, 7) is 3.96. The van der Waals surface area contributed by atoms with E-state index in [0.717, 1.165) is 43.4 Å². The van der Waals surface area contributed by atoms with Gasteiger partial charge in [0, 0.05) is 57.4 Å². The predicted octanol–water partition coefficient (Wildman–Crippen LogP) is 2.06. The van der Waals surface area contributed by atoms with Gasteiger partial charge in [-0.2, -0.15) is 10.4 Å². The molecule has 0 amide bonds. The van der Waals surface area contributed by atoms with Crippen LogP contribution >= 0.6 is 12.2 Å². The molecule has 3 aromatic heterocycles. The Labute approximate surface area is 168 Å². The number of hydrogen-bond donors (Lipinski definition) is 0. The van der Waals surface area contributed by atoms with Gasteiger partial charge in [-0.25, -0.2) is 9.67 Å². The Morgan fingerprint density at radius 2 is 1.86 bits per heavy atom. The standard InChI is InChI=1S/C19H20N8S/c1-24-18(15-4-7-21-8-5-15)23-27(19(24)28)14-25-9-11-26(12-10-25)17-16(13-20)3-2-6-22-17/h2-8H,9-12,14H2,1H3. The van der Waals surface area contributed by atoms with Gasteiger partial charge >= 0.3 is 0 Å². The number of hydrogen-bond acceptors (Lipinski definition) is 7. The van der Waals surface area contributed by atoms with Gasteiger partial charge in [0.05, 0.1) is 12.2 Å². The van der Waals surface area contributed by atoms with Crippen LogP contribution in [0.25, 0.3) is 11.4 Å². The van der Waals surface area contributed by atoms with E-state index in [1.807, 2.05) is 34.5 Å². The molecule has 1 aliphatic rings. The Bertz CT molecular complexity index is 1060. The van der Waals surface area contributed by atoms with Crippen LogP contribution in [-0.4, -0.2) is 55.4 Å². The topological polar surface area (TPSA) is 78.8 Å². The average molecular weight is 392 g/mol. The first kappa shape index (κ1) is 18.3. The molecule has 0 bridgehead atoms. The van der Waals surface area contributed by atoms with E-state index < -0.39 is 0 Å². The van der Waals surface area contributed by atoms with Crippen molar-refractivity contribution in [3.8, 4) is 17.5 Å². The fourth-order valence-electron chi connectivity index (χ4n) is 3.36. The number of rotatable bonds is 4. The minimum absolute atomic E-state index is 0.616. The number of pyridine rings is 2. The third-order valence-electron chi connectivity index (χ3n) is 4.89. The van der Waals surface area contributed by atoms with Crippen LogP contribution in [-0.2, 0) is 13.7 Å². The first-order valence-electron chi connectivity index (χ1n) is 9.04. The summed E-state index contributed by atoms with van der Waals surface area (Å²) in [4.78, 5) is 12.9. The quantitative estimate of drug-likeness (QED) is 0.629. The lowest BCUT2D eigenvalue weighted by Crippen LogP contribution is -2.47. The highest BCUT2D eigenvalue weighted by Crippen LogP contribution is 2.19. The highest BCUT2D eigenvalue weighted by Gasteiger charge is 2.21. The molecule has 28 heavy (non-hydrogen) atoms. The van der Waals surface area contributed by atoms with Crippen LogP contribution in [0.15, 0.2) is 42.9 Å². The molecular formula is C19H20N8S. The van der Waals surface area contributed by atoms with Gasteiger partial charge in [0.1, 0.15) is 11.9 Å². The molecule has 0 radical (unpaired) electrons. The summed E-state index contributed by atoms with van der Waals surface area (Å²) < 4.78 is 4.47. The monoisotopic (exact) mass is 392 g/mol. The fourth-order valence-corrected chi connectivity index (χ4v) is 3.54. The van der Waals surface area contributed by atoms with Gasteiger partial charge in [-0.05, 0) is 36.5 Å². The summed E-state index contributed by atoms with van der Waals surface area (Å²) in [5.74, 6) is 1.59. The Morgan fingerprint density at radius 3 is 2.57 bits per heavy atom. The molecule has 0 aliphatic carbocycles. The summed E-state index contributed by atoms with van der Waals surface area (Å²) in [5, 5.41) is 14.0. The van der Waals surface area contributed by atoms with Crippen molar-refractivity contribution in [2.24, 2.45) is 7.05 Å². The van der Waals surface area contributed by atoms with Crippen molar-refractivity contribution in [2.45, 2.75) is 6.67 Å². The van der Waals surface area contributed by atoms with Crippen molar-refractivity contribution < 1.29 is 0 Å². The second-order valence-electron chi connectivity index (χ2n) is 6.63. The summed E-state index contributed by atoms with van der Waals surface area (Å²) in [7, 11) is 1.93. The summed E-state index contributed by atoms with van der Waals surface area (Å²) in [5.41, 5.74) is 1.61. The van der Waals surface area contributed by atoms with Gasteiger partial charge in [-0.15, -0.1) is 0 Å². The van der Waals surface area contributed by atoms with Crippen molar-refractivity contribution in [1.82, 2.24) is 29.2 Å². The second-order valence-corrected chi connectivity index (χ2v) is 7.00. The highest BCUT2D eigenvalue weighted by atomic mass is 32.1. The summed E-state index contributed by atoms with van der Waals surface area (Å²) in [6.07, 6.45) is 5.24. The molecule has 0 atom stereocenters. The van der Waals surface area contributed by atoms with Gasteiger partial charge in [0.15, 0.2) is 10.6 Å². The third kappa shape index (κ3) is 3.52. The highest BCUT2D eigenvalue weighted by molar-refractivity contribution is 7.71. The number of nitriles is 1. The van der Waals surface area contributed by atoms with Crippen molar-refractivity contribution in [3.05, 3.63) is 53.2 Å². The lowest BCUT2D eigenvalue weighted by atomic mass is 10.2. The fraction of sp³-hybridized carbons (Fsp3) is 0.316. The van der Waals surface area contributed by atoms with Gasteiger partial charge in [-0.3, -0.25) is 9.88 Å². The minimum Gasteiger partial charge on any atom is -0.353 e. The van der Waals surface area contributed by atoms with E-state index in [1.165, 1.54) is 0 Å². The molecule has 0 unspecified atom stereocenters. The third-order valence-corrected chi connectivity index (χ3v) is 5.38. The number of anilines is 1. The normalized spacial score (nSPS) is 14.8. The smallest absolute Gasteiger partial charge is 0.199 e. The zero-order chi connectivity index (χ0) is 19.5. The molecule has 4 rings (SSSR count). The van der Waals surface area contributed by atoms with E-state index in [0.29, 0.717) is 17.0 Å². The number of nitrogens with zero attached hydrogens (tertiary/aromatic N) is 8. The minimum atomic E-state index is 0.616. The van der Waals surface area contributed by atoms with Crippen LogP contribution < -0.4 is 4.90 Å². The maximum atomic E-state index is 9.29. The number of aromatic nitrogens is 5. The molecule has 1 fully saturated rings. The van der Waals surface area contributed by atoms with E-state index in [2.05, 4.69) is 25.8 Å². The molecule has 9 heteroatoms. The zero-order valence-electron chi connectivity index (χ0n) is 15.6. The van der Waals surface area contributed by atoms with Crippen molar-refractivity contribution in [3.63, 3.8) is 0 Å². The van der Waals surface area contributed by atoms with Crippen LogP contribution in [0, 0.1) is 16.1 Å².